The van der Waals surface area contributed by atoms with Gasteiger partial charge in [0.05, 0.1) is 11.0 Å². The van der Waals surface area contributed by atoms with Crippen LogP contribution < -0.4 is 4.74 Å². The van der Waals surface area contributed by atoms with E-state index in [1.54, 1.807) is 6.07 Å². The lowest BCUT2D eigenvalue weighted by molar-refractivity contribution is -0.385. The molecule has 0 bridgehead atoms. The van der Waals surface area contributed by atoms with Crippen LogP contribution in [-0.2, 0) is 0 Å². The van der Waals surface area contributed by atoms with Crippen molar-refractivity contribution in [2.24, 2.45) is 0 Å². The minimum atomic E-state index is -0.778. The van der Waals surface area contributed by atoms with Gasteiger partial charge in [-0.3, -0.25) is 10.1 Å². The lowest BCUT2D eigenvalue weighted by Gasteiger charge is -2.05. The molecule has 1 heterocycles. The first-order chi connectivity index (χ1) is 8.56. The number of hydrogen-bond donors (Lipinski definition) is 0. The fraction of sp³-hybridized carbons (Fsp3) is 0. The van der Waals surface area contributed by atoms with E-state index in [-0.39, 0.29) is 17.3 Å². The number of halogens is 2. The summed E-state index contributed by atoms with van der Waals surface area (Å²) in [6, 6.07) is 5.18. The number of nitro benzene ring substituents is 1. The molecule has 0 aliphatic rings. The molecule has 0 saturated carbocycles. The van der Waals surface area contributed by atoms with Crippen LogP contribution in [0, 0.1) is 16.1 Å². The quantitative estimate of drug-likeness (QED) is 0.494. The van der Waals surface area contributed by atoms with Crippen molar-refractivity contribution in [1.29, 1.82) is 0 Å². The topological polar surface area (TPSA) is 78.2 Å². The van der Waals surface area contributed by atoms with Crippen LogP contribution in [0.4, 0.5) is 10.1 Å². The number of hydrogen-bond acceptors (Lipinski definition) is 5. The summed E-state index contributed by atoms with van der Waals surface area (Å²) in [5, 5.41) is 10.8. The normalized spacial score (nSPS) is 10.1. The van der Waals surface area contributed by atoms with Crippen molar-refractivity contribution in [3.8, 4) is 11.6 Å². The van der Waals surface area contributed by atoms with E-state index in [1.165, 1.54) is 12.1 Å². The van der Waals surface area contributed by atoms with Gasteiger partial charge < -0.3 is 4.74 Å². The standard InChI is InChI=1S/C10H5BrFN3O3/c11-6-1-2-8(7(3-6)15(16)17)18-10-4-9(12)13-5-14-10/h1-5H. The Labute approximate surface area is 109 Å². The van der Waals surface area contributed by atoms with Crippen LogP contribution in [0.1, 0.15) is 0 Å². The predicted octanol–water partition coefficient (Wildman–Crippen LogP) is 3.08. The molecule has 0 atom stereocenters. The van der Waals surface area contributed by atoms with E-state index in [1.807, 2.05) is 0 Å². The third kappa shape index (κ3) is 2.77. The molecule has 0 amide bonds. The molecule has 0 N–H and O–H groups in total. The molecule has 18 heavy (non-hydrogen) atoms. The Kier molecular flexibility index (Phi) is 3.47. The van der Waals surface area contributed by atoms with E-state index in [0.29, 0.717) is 4.47 Å². The molecule has 8 heteroatoms. The van der Waals surface area contributed by atoms with E-state index < -0.39 is 10.9 Å². The summed E-state index contributed by atoms with van der Waals surface area (Å²) >= 11 is 3.12. The maximum absolute atomic E-state index is 12.8. The molecule has 0 spiro atoms. The molecule has 0 saturated heterocycles. The molecular formula is C10H5BrFN3O3. The molecule has 92 valence electrons. The second kappa shape index (κ2) is 5.05. The SMILES string of the molecule is O=[N+]([O-])c1cc(Br)ccc1Oc1cc(F)ncn1. The van der Waals surface area contributed by atoms with Gasteiger partial charge in [-0.05, 0) is 12.1 Å². The van der Waals surface area contributed by atoms with E-state index in [2.05, 4.69) is 25.9 Å². The fourth-order valence-electron chi connectivity index (χ4n) is 1.21. The summed E-state index contributed by atoms with van der Waals surface area (Å²) in [7, 11) is 0. The van der Waals surface area contributed by atoms with Crippen LogP contribution in [0.3, 0.4) is 0 Å². The predicted molar refractivity (Wildman–Crippen MR) is 62.9 cm³/mol. The highest BCUT2D eigenvalue weighted by Crippen LogP contribution is 2.32. The molecule has 2 rings (SSSR count). The Hall–Kier alpha value is -2.09. The van der Waals surface area contributed by atoms with E-state index in [4.69, 9.17) is 4.74 Å². The van der Waals surface area contributed by atoms with Gasteiger partial charge in [0.1, 0.15) is 6.33 Å². The highest BCUT2D eigenvalue weighted by Gasteiger charge is 2.16. The van der Waals surface area contributed by atoms with Crippen LogP contribution in [0.25, 0.3) is 0 Å². The lowest BCUT2D eigenvalue weighted by Crippen LogP contribution is -1.95. The summed E-state index contributed by atoms with van der Waals surface area (Å²) in [4.78, 5) is 17.1. The van der Waals surface area contributed by atoms with Crippen molar-refractivity contribution in [2.75, 3.05) is 0 Å². The first-order valence-corrected chi connectivity index (χ1v) is 5.45. The smallest absolute Gasteiger partial charge is 0.312 e. The Balaban J connectivity index is 2.37. The molecule has 0 radical (unpaired) electrons. The number of nitrogens with zero attached hydrogens (tertiary/aromatic N) is 3. The number of ether oxygens (including phenoxy) is 1. The Morgan fingerprint density at radius 1 is 1.33 bits per heavy atom. The first kappa shape index (κ1) is 12.4. The van der Waals surface area contributed by atoms with Gasteiger partial charge in [-0.25, -0.2) is 9.97 Å². The molecule has 0 unspecified atom stereocenters. The maximum Gasteiger partial charge on any atom is 0.312 e. The van der Waals surface area contributed by atoms with Crippen LogP contribution in [0.15, 0.2) is 35.1 Å². The molecule has 6 nitrogen and oxygen atoms in total. The van der Waals surface area contributed by atoms with Crippen molar-refractivity contribution in [1.82, 2.24) is 9.97 Å². The maximum atomic E-state index is 12.8. The third-order valence-corrected chi connectivity index (χ3v) is 2.43. The van der Waals surface area contributed by atoms with Gasteiger partial charge >= 0.3 is 5.69 Å². The van der Waals surface area contributed by atoms with Crippen LogP contribution >= 0.6 is 15.9 Å². The third-order valence-electron chi connectivity index (χ3n) is 1.94. The van der Waals surface area contributed by atoms with Gasteiger partial charge in [0.15, 0.2) is 0 Å². The van der Waals surface area contributed by atoms with Gasteiger partial charge in [-0.15, -0.1) is 0 Å². The van der Waals surface area contributed by atoms with E-state index >= 15 is 0 Å². The average molecular weight is 314 g/mol. The molecule has 1 aromatic heterocycles. The lowest BCUT2D eigenvalue weighted by atomic mass is 10.3. The molecule has 0 aliphatic heterocycles. The summed E-state index contributed by atoms with van der Waals surface area (Å²) in [6.45, 7) is 0. The number of benzene rings is 1. The number of rotatable bonds is 3. The summed E-state index contributed by atoms with van der Waals surface area (Å²) in [6.07, 6.45) is 0.968. The summed E-state index contributed by atoms with van der Waals surface area (Å²) < 4.78 is 18.5. The number of aromatic nitrogens is 2. The fourth-order valence-corrected chi connectivity index (χ4v) is 1.55. The molecule has 1 aromatic carbocycles. The Morgan fingerprint density at radius 3 is 2.78 bits per heavy atom. The molecule has 2 aromatic rings. The van der Waals surface area contributed by atoms with Crippen molar-refractivity contribution in [2.45, 2.75) is 0 Å². The largest absolute Gasteiger partial charge is 0.432 e. The van der Waals surface area contributed by atoms with Crippen LogP contribution in [-0.4, -0.2) is 14.9 Å². The molecule has 0 fully saturated rings. The minimum absolute atomic E-state index is 0.0266. The second-order valence-electron chi connectivity index (χ2n) is 3.15. The van der Waals surface area contributed by atoms with Crippen molar-refractivity contribution >= 4 is 21.6 Å². The second-order valence-corrected chi connectivity index (χ2v) is 4.07. The van der Waals surface area contributed by atoms with Crippen LogP contribution in [0.5, 0.6) is 11.6 Å². The van der Waals surface area contributed by atoms with Crippen LogP contribution in [0.2, 0.25) is 0 Å². The Bertz CT molecular complexity index is 609. The van der Waals surface area contributed by atoms with Gasteiger partial charge in [0.2, 0.25) is 17.6 Å². The Morgan fingerprint density at radius 2 is 2.11 bits per heavy atom. The number of nitro groups is 1. The molecular weight excluding hydrogens is 309 g/mol. The van der Waals surface area contributed by atoms with E-state index in [9.17, 15) is 14.5 Å². The highest BCUT2D eigenvalue weighted by molar-refractivity contribution is 9.10. The van der Waals surface area contributed by atoms with E-state index in [0.717, 1.165) is 12.4 Å². The zero-order valence-corrected chi connectivity index (χ0v) is 10.3. The monoisotopic (exact) mass is 313 g/mol. The van der Waals surface area contributed by atoms with Gasteiger partial charge in [0.25, 0.3) is 0 Å². The van der Waals surface area contributed by atoms with Crippen molar-refractivity contribution in [3.05, 3.63) is 51.1 Å². The zero-order chi connectivity index (χ0) is 13.1. The summed E-state index contributed by atoms with van der Waals surface area (Å²) in [5.74, 6) is -0.908. The van der Waals surface area contributed by atoms with Gasteiger partial charge in [0, 0.05) is 10.5 Å². The minimum Gasteiger partial charge on any atom is -0.432 e. The zero-order valence-electron chi connectivity index (χ0n) is 8.71. The van der Waals surface area contributed by atoms with Gasteiger partial charge in [-0.2, -0.15) is 4.39 Å². The van der Waals surface area contributed by atoms with Crippen molar-refractivity contribution < 1.29 is 14.1 Å². The van der Waals surface area contributed by atoms with Crippen molar-refractivity contribution in [3.63, 3.8) is 0 Å². The first-order valence-electron chi connectivity index (χ1n) is 4.65. The highest BCUT2D eigenvalue weighted by atomic mass is 79.9. The average Bonchev–Trinajstić information content (AvgIpc) is 2.31. The summed E-state index contributed by atoms with van der Waals surface area (Å²) in [5.41, 5.74) is -0.247. The molecule has 0 aliphatic carbocycles. The van der Waals surface area contributed by atoms with Gasteiger partial charge in [-0.1, -0.05) is 15.9 Å².